The third-order valence-electron chi connectivity index (χ3n) is 1.08. The molecule has 1 rings (SSSR count). The molecular formula is C5H10NP. The van der Waals surface area contributed by atoms with Crippen LogP contribution in [0.5, 0.6) is 0 Å². The van der Waals surface area contributed by atoms with Crippen molar-refractivity contribution >= 4 is 9.39 Å². The van der Waals surface area contributed by atoms with Gasteiger partial charge in [0.2, 0.25) is 0 Å². The SMILES string of the molecule is PN1C=CCCC1. The second-order valence-electron chi connectivity index (χ2n) is 1.76. The molecule has 1 nitrogen and oxygen atoms in total. The Morgan fingerprint density at radius 1 is 1.57 bits per heavy atom. The summed E-state index contributed by atoms with van der Waals surface area (Å²) in [5.41, 5.74) is 0. The van der Waals surface area contributed by atoms with E-state index in [-0.39, 0.29) is 0 Å². The highest BCUT2D eigenvalue weighted by atomic mass is 31.0. The van der Waals surface area contributed by atoms with Crippen LogP contribution < -0.4 is 0 Å². The molecule has 0 spiro atoms. The summed E-state index contributed by atoms with van der Waals surface area (Å²) in [6, 6.07) is 0. The van der Waals surface area contributed by atoms with Gasteiger partial charge in [-0.15, -0.1) is 0 Å². The smallest absolute Gasteiger partial charge is 0.0209 e. The van der Waals surface area contributed by atoms with Gasteiger partial charge >= 0.3 is 0 Å². The average molecular weight is 115 g/mol. The summed E-state index contributed by atoms with van der Waals surface area (Å²) in [6.45, 7) is 1.20. The van der Waals surface area contributed by atoms with Gasteiger partial charge in [-0.1, -0.05) is 6.08 Å². The van der Waals surface area contributed by atoms with Crippen molar-refractivity contribution in [2.24, 2.45) is 0 Å². The summed E-state index contributed by atoms with van der Waals surface area (Å²) in [4.78, 5) is 0. The van der Waals surface area contributed by atoms with Crippen molar-refractivity contribution in [2.45, 2.75) is 12.8 Å². The Bertz CT molecular complexity index is 80.1. The van der Waals surface area contributed by atoms with Crippen LogP contribution in [0.15, 0.2) is 12.3 Å². The van der Waals surface area contributed by atoms with Gasteiger partial charge in [-0.3, -0.25) is 0 Å². The first-order valence-corrected chi connectivity index (χ1v) is 3.09. The highest BCUT2D eigenvalue weighted by molar-refractivity contribution is 7.13. The third kappa shape index (κ3) is 1.48. The van der Waals surface area contributed by atoms with E-state index < -0.39 is 0 Å². The van der Waals surface area contributed by atoms with E-state index in [9.17, 15) is 0 Å². The van der Waals surface area contributed by atoms with E-state index >= 15 is 0 Å². The minimum Gasteiger partial charge on any atom is -0.362 e. The Labute approximate surface area is 46.6 Å². The monoisotopic (exact) mass is 115 g/mol. The molecule has 40 valence electrons. The summed E-state index contributed by atoms with van der Waals surface area (Å²) >= 11 is 0. The minimum absolute atomic E-state index is 1.20. The van der Waals surface area contributed by atoms with Gasteiger partial charge in [-0.05, 0) is 28.4 Å². The quantitative estimate of drug-likeness (QED) is 0.431. The maximum atomic E-state index is 2.65. The predicted molar refractivity (Wildman–Crippen MR) is 34.8 cm³/mol. The molecule has 0 aliphatic carbocycles. The third-order valence-corrected chi connectivity index (χ3v) is 1.51. The zero-order valence-corrected chi connectivity index (χ0v) is 5.46. The Kier molecular flexibility index (Phi) is 1.70. The van der Waals surface area contributed by atoms with Crippen LogP contribution in [-0.2, 0) is 0 Å². The van der Waals surface area contributed by atoms with Crippen molar-refractivity contribution in [2.75, 3.05) is 6.54 Å². The van der Waals surface area contributed by atoms with Crippen molar-refractivity contribution in [3.8, 4) is 0 Å². The second-order valence-corrected chi connectivity index (χ2v) is 2.43. The molecule has 1 aliphatic rings. The van der Waals surface area contributed by atoms with Crippen LogP contribution in [0.25, 0.3) is 0 Å². The molecule has 7 heavy (non-hydrogen) atoms. The van der Waals surface area contributed by atoms with Crippen LogP contribution in [0.3, 0.4) is 0 Å². The fraction of sp³-hybridized carbons (Fsp3) is 0.600. The number of hydrogen-bond acceptors (Lipinski definition) is 1. The molecule has 0 amide bonds. The Morgan fingerprint density at radius 3 is 2.71 bits per heavy atom. The number of hydrogen-bond donors (Lipinski definition) is 0. The number of rotatable bonds is 0. The Balaban J connectivity index is 2.36. The van der Waals surface area contributed by atoms with Crippen LogP contribution in [0.4, 0.5) is 0 Å². The lowest BCUT2D eigenvalue weighted by Gasteiger charge is -2.15. The largest absolute Gasteiger partial charge is 0.362 e. The molecule has 1 heterocycles. The molecule has 0 aromatic heterocycles. The maximum absolute atomic E-state index is 2.65. The first kappa shape index (κ1) is 5.11. The van der Waals surface area contributed by atoms with Gasteiger partial charge in [0.25, 0.3) is 0 Å². The van der Waals surface area contributed by atoms with Crippen LogP contribution >= 0.6 is 9.39 Å². The Morgan fingerprint density at radius 2 is 2.43 bits per heavy atom. The lowest BCUT2D eigenvalue weighted by molar-refractivity contribution is 0.560. The summed E-state index contributed by atoms with van der Waals surface area (Å²) < 4.78 is 2.13. The molecule has 1 aliphatic heterocycles. The van der Waals surface area contributed by atoms with Gasteiger partial charge < -0.3 is 4.67 Å². The molecule has 0 saturated carbocycles. The summed E-state index contributed by atoms with van der Waals surface area (Å²) in [5.74, 6) is 0. The van der Waals surface area contributed by atoms with Gasteiger partial charge in [0, 0.05) is 6.54 Å². The molecule has 2 heteroatoms. The van der Waals surface area contributed by atoms with Crippen molar-refractivity contribution in [3.63, 3.8) is 0 Å². The zero-order chi connectivity index (χ0) is 5.11. The summed E-state index contributed by atoms with van der Waals surface area (Å²) in [6.07, 6.45) is 6.86. The molecule has 0 N–H and O–H groups in total. The Hall–Kier alpha value is -0.0300. The lowest BCUT2D eigenvalue weighted by Crippen LogP contribution is -2.07. The molecule has 0 aromatic carbocycles. The first-order valence-electron chi connectivity index (χ1n) is 2.57. The topological polar surface area (TPSA) is 3.24 Å². The van der Waals surface area contributed by atoms with Crippen molar-refractivity contribution in [3.05, 3.63) is 12.3 Å². The van der Waals surface area contributed by atoms with Crippen LogP contribution in [0.2, 0.25) is 0 Å². The zero-order valence-electron chi connectivity index (χ0n) is 4.30. The van der Waals surface area contributed by atoms with E-state index in [1.165, 1.54) is 19.4 Å². The molecule has 0 bridgehead atoms. The highest BCUT2D eigenvalue weighted by Crippen LogP contribution is 2.08. The van der Waals surface area contributed by atoms with Gasteiger partial charge in [0.1, 0.15) is 0 Å². The predicted octanol–water partition coefficient (Wildman–Crippen LogP) is 1.39. The van der Waals surface area contributed by atoms with Gasteiger partial charge in [-0.2, -0.15) is 0 Å². The molecule has 0 aromatic rings. The molecule has 0 saturated heterocycles. The van der Waals surface area contributed by atoms with Gasteiger partial charge in [0.05, 0.1) is 0 Å². The summed E-state index contributed by atoms with van der Waals surface area (Å²) in [5, 5.41) is 0. The molecule has 0 fully saturated rings. The summed E-state index contributed by atoms with van der Waals surface area (Å²) in [7, 11) is 2.65. The molecule has 1 atom stereocenters. The molecule has 0 radical (unpaired) electrons. The second kappa shape index (κ2) is 2.32. The van der Waals surface area contributed by atoms with E-state index in [0.29, 0.717) is 0 Å². The van der Waals surface area contributed by atoms with Crippen LogP contribution in [0, 0.1) is 0 Å². The fourth-order valence-corrected chi connectivity index (χ4v) is 0.980. The van der Waals surface area contributed by atoms with E-state index in [1.54, 1.807) is 0 Å². The van der Waals surface area contributed by atoms with Crippen LogP contribution in [-0.4, -0.2) is 11.2 Å². The number of allylic oxidation sites excluding steroid dienone is 1. The van der Waals surface area contributed by atoms with Crippen molar-refractivity contribution in [1.29, 1.82) is 0 Å². The first-order chi connectivity index (χ1) is 3.39. The average Bonchev–Trinajstić information content (AvgIpc) is 1.69. The minimum atomic E-state index is 1.20. The van der Waals surface area contributed by atoms with Crippen molar-refractivity contribution in [1.82, 2.24) is 4.67 Å². The molecular weight excluding hydrogens is 105 g/mol. The van der Waals surface area contributed by atoms with E-state index in [0.717, 1.165) is 0 Å². The maximum Gasteiger partial charge on any atom is 0.0209 e. The van der Waals surface area contributed by atoms with E-state index in [4.69, 9.17) is 0 Å². The van der Waals surface area contributed by atoms with E-state index in [2.05, 4.69) is 26.3 Å². The van der Waals surface area contributed by atoms with E-state index in [1.807, 2.05) is 0 Å². The molecule has 1 unspecified atom stereocenters. The normalized spacial score (nSPS) is 20.4. The van der Waals surface area contributed by atoms with Gasteiger partial charge in [0.15, 0.2) is 0 Å². The number of nitrogens with zero attached hydrogens (tertiary/aromatic N) is 1. The fourth-order valence-electron chi connectivity index (χ4n) is 0.676. The van der Waals surface area contributed by atoms with Crippen LogP contribution in [0.1, 0.15) is 12.8 Å². The lowest BCUT2D eigenvalue weighted by atomic mass is 10.2. The standard InChI is InChI=1S/C5H10NP/c7-6-4-2-1-3-5-6/h2,4H,1,3,5,7H2. The van der Waals surface area contributed by atoms with Crippen molar-refractivity contribution < 1.29 is 0 Å². The van der Waals surface area contributed by atoms with Gasteiger partial charge in [-0.25, -0.2) is 0 Å². The highest BCUT2D eigenvalue weighted by Gasteiger charge is 1.93.